The number of nitrogens with one attached hydrogen (secondary N) is 1. The molecule has 0 heterocycles. The minimum Gasteiger partial charge on any atom is -0.496 e. The molecule has 0 aliphatic rings. The summed E-state index contributed by atoms with van der Waals surface area (Å²) in [4.78, 5) is 24.3. The van der Waals surface area contributed by atoms with E-state index in [9.17, 15) is 18.0 Å². The zero-order valence-corrected chi connectivity index (χ0v) is 15.4. The zero-order valence-electron chi connectivity index (χ0n) is 14.6. The Kier molecular flexibility index (Phi) is 5.99. The molecule has 0 atom stereocenters. The van der Waals surface area contributed by atoms with Crippen LogP contribution in [0.3, 0.4) is 0 Å². The number of carbonyl (C=O) groups excluding carboxylic acids is 2. The van der Waals surface area contributed by atoms with Gasteiger partial charge in [-0.1, -0.05) is 11.6 Å². The van der Waals surface area contributed by atoms with Gasteiger partial charge in [-0.05, 0) is 43.3 Å². The summed E-state index contributed by atoms with van der Waals surface area (Å²) >= 11 is 0. The van der Waals surface area contributed by atoms with Crippen LogP contribution in [0.1, 0.15) is 26.3 Å². The number of methoxy groups -OCH3 is 1. The molecule has 0 amide bonds. The molecule has 0 radical (unpaired) electrons. The average molecular weight is 377 g/mol. The largest absolute Gasteiger partial charge is 0.496 e. The molecule has 2 aromatic carbocycles. The van der Waals surface area contributed by atoms with Gasteiger partial charge >= 0.3 is 5.97 Å². The number of aryl methyl sites for hydroxylation is 1. The molecule has 1 N–H and O–H groups in total. The molecule has 7 nitrogen and oxygen atoms in total. The molecule has 26 heavy (non-hydrogen) atoms. The third-order valence-corrected chi connectivity index (χ3v) is 4.03. The Labute approximate surface area is 152 Å². The molecule has 0 unspecified atom stereocenters. The minimum atomic E-state index is -3.39. The molecule has 0 saturated heterocycles. The van der Waals surface area contributed by atoms with Crippen molar-refractivity contribution in [3.63, 3.8) is 0 Å². The average Bonchev–Trinajstić information content (AvgIpc) is 2.58. The van der Waals surface area contributed by atoms with E-state index in [-0.39, 0.29) is 5.56 Å². The van der Waals surface area contributed by atoms with Gasteiger partial charge < -0.3 is 9.47 Å². The number of hydrogen-bond acceptors (Lipinski definition) is 6. The van der Waals surface area contributed by atoms with Gasteiger partial charge in [-0.15, -0.1) is 0 Å². The van der Waals surface area contributed by atoms with Crippen LogP contribution in [0.2, 0.25) is 0 Å². The molecular formula is C18H19NO6S. The van der Waals surface area contributed by atoms with E-state index in [0.29, 0.717) is 17.0 Å². The molecule has 138 valence electrons. The number of rotatable bonds is 7. The molecule has 0 aromatic heterocycles. The lowest BCUT2D eigenvalue weighted by Gasteiger charge is -2.09. The highest BCUT2D eigenvalue weighted by atomic mass is 32.2. The van der Waals surface area contributed by atoms with Crippen molar-refractivity contribution in [2.45, 2.75) is 6.92 Å². The molecule has 0 bridgehead atoms. The second-order valence-electron chi connectivity index (χ2n) is 5.65. The highest BCUT2D eigenvalue weighted by molar-refractivity contribution is 7.92. The van der Waals surface area contributed by atoms with Crippen LogP contribution in [0.4, 0.5) is 5.69 Å². The van der Waals surface area contributed by atoms with Crippen molar-refractivity contribution < 1.29 is 27.5 Å². The number of anilines is 1. The standard InChI is InChI=1S/C18H19NO6S/c1-12-4-9-17(24-2)15(10-12)18(21)25-11-16(20)13-5-7-14(8-6-13)19-26(3,22)23/h4-10,19H,11H2,1-3H3. The van der Waals surface area contributed by atoms with Crippen LogP contribution in [0.15, 0.2) is 42.5 Å². The van der Waals surface area contributed by atoms with E-state index in [4.69, 9.17) is 9.47 Å². The van der Waals surface area contributed by atoms with Gasteiger partial charge in [0.25, 0.3) is 0 Å². The Morgan fingerprint density at radius 2 is 1.73 bits per heavy atom. The molecular weight excluding hydrogens is 358 g/mol. The number of Topliss-reactive ketones (excluding diaryl/α,β-unsaturated/α-hetero) is 1. The molecule has 0 spiro atoms. The first-order chi connectivity index (χ1) is 12.2. The highest BCUT2D eigenvalue weighted by Crippen LogP contribution is 2.20. The van der Waals surface area contributed by atoms with E-state index < -0.39 is 28.4 Å². The monoisotopic (exact) mass is 377 g/mol. The summed E-state index contributed by atoms with van der Waals surface area (Å²) in [5, 5.41) is 0. The Morgan fingerprint density at radius 3 is 2.31 bits per heavy atom. The minimum absolute atomic E-state index is 0.244. The molecule has 0 fully saturated rings. The van der Waals surface area contributed by atoms with Crippen LogP contribution in [0, 0.1) is 6.92 Å². The smallest absolute Gasteiger partial charge is 0.342 e. The first-order valence-electron chi connectivity index (χ1n) is 7.62. The van der Waals surface area contributed by atoms with E-state index in [0.717, 1.165) is 11.8 Å². The van der Waals surface area contributed by atoms with Gasteiger partial charge in [0, 0.05) is 11.3 Å². The second kappa shape index (κ2) is 8.01. The molecule has 2 aromatic rings. The van der Waals surface area contributed by atoms with Crippen molar-refractivity contribution >= 4 is 27.5 Å². The first-order valence-corrected chi connectivity index (χ1v) is 9.51. The Balaban J connectivity index is 2.02. The van der Waals surface area contributed by atoms with Crippen molar-refractivity contribution in [1.29, 1.82) is 0 Å². The number of benzene rings is 2. The van der Waals surface area contributed by atoms with Gasteiger partial charge in [0.15, 0.2) is 12.4 Å². The number of hydrogen-bond donors (Lipinski definition) is 1. The van der Waals surface area contributed by atoms with Crippen molar-refractivity contribution in [1.82, 2.24) is 0 Å². The van der Waals surface area contributed by atoms with E-state index >= 15 is 0 Å². The predicted molar refractivity (Wildman–Crippen MR) is 97.3 cm³/mol. The lowest BCUT2D eigenvalue weighted by Crippen LogP contribution is -2.15. The first kappa shape index (κ1) is 19.5. The van der Waals surface area contributed by atoms with Gasteiger partial charge in [-0.2, -0.15) is 0 Å². The highest BCUT2D eigenvalue weighted by Gasteiger charge is 2.16. The molecule has 0 saturated carbocycles. The summed E-state index contributed by atoms with van der Waals surface area (Å²) < 4.78 is 34.8. The van der Waals surface area contributed by atoms with Crippen molar-refractivity contribution in [3.05, 3.63) is 59.2 Å². The summed E-state index contributed by atoms with van der Waals surface area (Å²) in [7, 11) is -1.95. The van der Waals surface area contributed by atoms with E-state index in [1.54, 1.807) is 18.2 Å². The second-order valence-corrected chi connectivity index (χ2v) is 7.40. The third kappa shape index (κ3) is 5.32. The molecule has 8 heteroatoms. The maximum absolute atomic E-state index is 12.2. The van der Waals surface area contributed by atoms with Gasteiger partial charge in [0.1, 0.15) is 11.3 Å². The predicted octanol–water partition coefficient (Wildman–Crippen LogP) is 2.41. The summed E-state index contributed by atoms with van der Waals surface area (Å²) in [6.07, 6.45) is 1.03. The third-order valence-electron chi connectivity index (χ3n) is 3.42. The number of ketones is 1. The SMILES string of the molecule is COc1ccc(C)cc1C(=O)OCC(=O)c1ccc(NS(C)(=O)=O)cc1. The molecule has 0 aliphatic heterocycles. The summed E-state index contributed by atoms with van der Waals surface area (Å²) in [5.41, 5.74) is 1.74. The fourth-order valence-electron chi connectivity index (χ4n) is 2.21. The zero-order chi connectivity index (χ0) is 19.3. The van der Waals surface area contributed by atoms with Gasteiger partial charge in [0.05, 0.1) is 13.4 Å². The van der Waals surface area contributed by atoms with Crippen LogP contribution in [-0.2, 0) is 14.8 Å². The number of carbonyl (C=O) groups is 2. The Bertz CT molecular complexity index is 919. The topological polar surface area (TPSA) is 98.8 Å². The maximum Gasteiger partial charge on any atom is 0.342 e. The van der Waals surface area contributed by atoms with Gasteiger partial charge in [0.2, 0.25) is 10.0 Å². The van der Waals surface area contributed by atoms with E-state index in [2.05, 4.69) is 4.72 Å². The summed E-state index contributed by atoms with van der Waals surface area (Å²) in [5.74, 6) is -0.700. The summed E-state index contributed by atoms with van der Waals surface area (Å²) in [6.45, 7) is 1.39. The van der Waals surface area contributed by atoms with Crippen LogP contribution in [0.5, 0.6) is 5.75 Å². The van der Waals surface area contributed by atoms with E-state index in [1.165, 1.54) is 31.4 Å². The van der Waals surface area contributed by atoms with Crippen molar-refractivity contribution in [2.24, 2.45) is 0 Å². The van der Waals surface area contributed by atoms with E-state index in [1.807, 2.05) is 6.92 Å². The number of esters is 1. The molecule has 0 aliphatic carbocycles. The quantitative estimate of drug-likeness (QED) is 0.588. The fourth-order valence-corrected chi connectivity index (χ4v) is 2.78. The molecule has 2 rings (SSSR count). The normalized spacial score (nSPS) is 10.9. The number of sulfonamides is 1. The lowest BCUT2D eigenvalue weighted by atomic mass is 10.1. The van der Waals surface area contributed by atoms with Crippen LogP contribution < -0.4 is 9.46 Å². The van der Waals surface area contributed by atoms with Crippen molar-refractivity contribution in [3.8, 4) is 5.75 Å². The van der Waals surface area contributed by atoms with Crippen LogP contribution in [-0.4, -0.2) is 40.1 Å². The lowest BCUT2D eigenvalue weighted by molar-refractivity contribution is 0.0471. The van der Waals surface area contributed by atoms with Crippen molar-refractivity contribution in [2.75, 3.05) is 24.7 Å². The number of ether oxygens (including phenoxy) is 2. The summed E-state index contributed by atoms with van der Waals surface area (Å²) in [6, 6.07) is 10.9. The maximum atomic E-state index is 12.2. The van der Waals surface area contributed by atoms with Gasteiger partial charge in [-0.25, -0.2) is 13.2 Å². The Morgan fingerprint density at radius 1 is 1.08 bits per heavy atom. The fraction of sp³-hybridized carbons (Fsp3) is 0.222. The van der Waals surface area contributed by atoms with Crippen LogP contribution >= 0.6 is 0 Å². The van der Waals surface area contributed by atoms with Gasteiger partial charge in [-0.3, -0.25) is 9.52 Å². The van der Waals surface area contributed by atoms with Crippen LogP contribution in [0.25, 0.3) is 0 Å². The Hall–Kier alpha value is -2.87.